The minimum Gasteiger partial charge on any atom is -0.457 e. The lowest BCUT2D eigenvalue weighted by Crippen LogP contribution is -2.59. The Labute approximate surface area is 451 Å². The molecule has 0 bridgehead atoms. The zero-order chi connectivity index (χ0) is 56.4. The van der Waals surface area contributed by atoms with E-state index in [4.69, 9.17) is 27.7 Å². The van der Waals surface area contributed by atoms with E-state index >= 15 is 0 Å². The molecule has 0 saturated carbocycles. The summed E-state index contributed by atoms with van der Waals surface area (Å²) >= 11 is 0. The van der Waals surface area contributed by atoms with Crippen LogP contribution in [-0.2, 0) is 44.8 Å². The molecule has 1 aliphatic rings. The summed E-state index contributed by atoms with van der Waals surface area (Å²) in [7, 11) is 0. The molecule has 3 aromatic carbocycles. The molecule has 0 aliphatic carbocycles. The Hall–Kier alpha value is -7.07. The number of rotatable bonds is 21. The predicted octanol–water partition coefficient (Wildman–Crippen LogP) is 1.40. The zero-order valence-corrected chi connectivity index (χ0v) is 44.9. The minimum absolute atomic E-state index is 0.00574. The number of carbonyl (C=O) groups is 9. The van der Waals surface area contributed by atoms with Gasteiger partial charge in [0.1, 0.15) is 35.7 Å². The molecule has 15 N–H and O–H groups in total. The maximum atomic E-state index is 14.6. The van der Waals surface area contributed by atoms with E-state index in [0.29, 0.717) is 17.1 Å². The molecule has 0 unspecified atom stereocenters. The van der Waals surface area contributed by atoms with Crippen LogP contribution in [0.4, 0.5) is 0 Å². The Morgan fingerprint density at radius 3 is 1.57 bits per heavy atom. The Bertz CT molecular complexity index is 2410. The van der Waals surface area contributed by atoms with Gasteiger partial charge in [0.2, 0.25) is 35.4 Å². The molecule has 4 rings (SSSR count). The van der Waals surface area contributed by atoms with E-state index in [9.17, 15) is 43.2 Å². The summed E-state index contributed by atoms with van der Waals surface area (Å²) in [5.41, 5.74) is 24.7. The molecule has 0 spiro atoms. The fraction of sp³-hybridized carbons (Fsp3) is 0.518. The van der Waals surface area contributed by atoms with Crippen molar-refractivity contribution in [2.24, 2.45) is 46.6 Å². The molecule has 21 heteroatoms. The highest BCUT2D eigenvalue weighted by atomic mass is 16.5. The van der Waals surface area contributed by atoms with Crippen LogP contribution in [0, 0.1) is 23.7 Å². The Morgan fingerprint density at radius 1 is 0.558 bits per heavy atom. The molecule has 1 fully saturated rings. The van der Waals surface area contributed by atoms with Crippen molar-refractivity contribution in [1.82, 2.24) is 37.2 Å². The SMILES string of the molecule is CC(C)C[C@@H]1NC(=O)[C@@H](Cc2ccccc2)CC(=O)[C@H](CCN)NC(=O)[C@@H](CC(=O)[C@@H](CCN)NC(=O)c2ccc(Oc3ccccc3)cc2)CCNC(=O)[C@H](CC(C)C)NC(=O)[C@H](CCN)NC(=O)[C@H](CCN)NC1=O. The number of hydrogen-bond donors (Lipinski definition) is 11. The number of nitrogens with one attached hydrogen (secondary N) is 7. The predicted molar refractivity (Wildman–Crippen MR) is 291 cm³/mol. The largest absolute Gasteiger partial charge is 0.457 e. The van der Waals surface area contributed by atoms with Gasteiger partial charge in [0, 0.05) is 36.8 Å². The van der Waals surface area contributed by atoms with Crippen LogP contribution in [0.2, 0.25) is 0 Å². The van der Waals surface area contributed by atoms with E-state index in [0.717, 1.165) is 0 Å². The van der Waals surface area contributed by atoms with Crippen molar-refractivity contribution in [3.8, 4) is 11.5 Å². The molecule has 420 valence electrons. The van der Waals surface area contributed by atoms with Crippen LogP contribution in [0.15, 0.2) is 84.9 Å². The highest BCUT2D eigenvalue weighted by molar-refractivity contribution is 6.00. The van der Waals surface area contributed by atoms with Gasteiger partial charge >= 0.3 is 0 Å². The highest BCUT2D eigenvalue weighted by Gasteiger charge is 2.36. The van der Waals surface area contributed by atoms with E-state index in [2.05, 4.69) is 37.2 Å². The van der Waals surface area contributed by atoms with Crippen LogP contribution in [-0.4, -0.2) is 122 Å². The molecule has 0 radical (unpaired) electrons. The molecular weight excluding hydrogens is 987 g/mol. The lowest BCUT2D eigenvalue weighted by molar-refractivity contribution is -0.136. The van der Waals surface area contributed by atoms with Crippen LogP contribution in [0.1, 0.15) is 101 Å². The fourth-order valence-corrected chi connectivity index (χ4v) is 8.92. The second kappa shape index (κ2) is 32.5. The molecule has 77 heavy (non-hydrogen) atoms. The topological polar surface area (TPSA) is 351 Å². The number of ketones is 2. The van der Waals surface area contributed by atoms with Crippen LogP contribution in [0.5, 0.6) is 11.5 Å². The number of carbonyl (C=O) groups excluding carboxylic acids is 9. The second-order valence-corrected chi connectivity index (χ2v) is 20.3. The lowest BCUT2D eigenvalue weighted by atomic mass is 9.89. The normalized spacial score (nSPS) is 22.2. The summed E-state index contributed by atoms with van der Waals surface area (Å²) in [6.45, 7) is 7.07. The van der Waals surface area contributed by atoms with Gasteiger partial charge in [-0.1, -0.05) is 76.2 Å². The summed E-state index contributed by atoms with van der Waals surface area (Å²) < 4.78 is 5.85. The summed E-state index contributed by atoms with van der Waals surface area (Å²) in [5.74, 6) is -7.30. The first-order valence-corrected chi connectivity index (χ1v) is 26.7. The summed E-state index contributed by atoms with van der Waals surface area (Å²) in [6.07, 6.45) is -0.755. The van der Waals surface area contributed by atoms with E-state index < -0.39 is 114 Å². The third-order valence-corrected chi connectivity index (χ3v) is 13.0. The average molecular weight is 1070 g/mol. The first-order chi connectivity index (χ1) is 36.8. The minimum atomic E-state index is -1.24. The second-order valence-electron chi connectivity index (χ2n) is 20.3. The number of benzene rings is 3. The third kappa shape index (κ3) is 21.1. The number of hydrogen-bond acceptors (Lipinski definition) is 14. The first kappa shape index (κ1) is 62.5. The van der Waals surface area contributed by atoms with Gasteiger partial charge in [-0.25, -0.2) is 0 Å². The van der Waals surface area contributed by atoms with Gasteiger partial charge < -0.3 is 64.9 Å². The van der Waals surface area contributed by atoms with Crippen molar-refractivity contribution in [1.29, 1.82) is 0 Å². The van der Waals surface area contributed by atoms with Crippen LogP contribution >= 0.6 is 0 Å². The molecular formula is C56H81N11O10. The number of amides is 7. The number of Topliss-reactive ketones (excluding diaryl/α,β-unsaturated/α-hetero) is 2. The van der Waals surface area contributed by atoms with Crippen LogP contribution < -0.4 is 64.9 Å². The van der Waals surface area contributed by atoms with Crippen molar-refractivity contribution in [2.45, 2.75) is 128 Å². The zero-order valence-electron chi connectivity index (χ0n) is 44.9. The molecule has 21 nitrogen and oxygen atoms in total. The van der Waals surface area contributed by atoms with Crippen LogP contribution in [0.25, 0.3) is 0 Å². The summed E-state index contributed by atoms with van der Waals surface area (Å²) in [4.78, 5) is 128. The van der Waals surface area contributed by atoms with Crippen molar-refractivity contribution in [3.05, 3.63) is 96.1 Å². The standard InChI is InChI=1S/C56H81N11O10/c1-34(2)29-46-53(73)61-28-23-38(32-48(68)42(19-24-57)62-50(70)37-15-17-41(18-16-37)77-40-13-9-6-10-14-40)51(71)63-43(20-25-58)49(69)33-39(31-36-11-7-5-8-12-36)52(72)66-47(30-35(3)4)56(76)65-44(21-26-59)54(74)64-45(22-27-60)55(75)67-46/h5-18,34-35,38-39,42-47H,19-33,57-60H2,1-4H3,(H,61,73)(H,62,70)(H,63,71)(H,64,74)(H,65,76)(H,66,72)(H,67,75)/t38-,39+,42-,43+,44+,45+,46+,47+/m1/s1. The summed E-state index contributed by atoms with van der Waals surface area (Å²) in [5, 5.41) is 19.3. The molecule has 8 atom stereocenters. The van der Waals surface area contributed by atoms with Gasteiger partial charge in [0.05, 0.1) is 12.1 Å². The van der Waals surface area contributed by atoms with Gasteiger partial charge in [0.15, 0.2) is 11.6 Å². The van der Waals surface area contributed by atoms with E-state index in [-0.39, 0.29) is 101 Å². The van der Waals surface area contributed by atoms with E-state index in [1.165, 1.54) is 0 Å². The Kier molecular flexibility index (Phi) is 26.4. The molecule has 0 aromatic heterocycles. The number of ether oxygens (including phenoxy) is 1. The molecule has 1 heterocycles. The monoisotopic (exact) mass is 1070 g/mol. The van der Waals surface area contributed by atoms with Crippen molar-refractivity contribution in [3.63, 3.8) is 0 Å². The first-order valence-electron chi connectivity index (χ1n) is 26.7. The van der Waals surface area contributed by atoms with Crippen LogP contribution in [0.3, 0.4) is 0 Å². The molecule has 1 aliphatic heterocycles. The van der Waals surface area contributed by atoms with Gasteiger partial charge in [-0.05, 0) is 131 Å². The third-order valence-electron chi connectivity index (χ3n) is 13.0. The fourth-order valence-electron chi connectivity index (χ4n) is 8.92. The maximum absolute atomic E-state index is 14.6. The molecule has 7 amide bonds. The van der Waals surface area contributed by atoms with Crippen molar-refractivity contribution in [2.75, 3.05) is 32.7 Å². The Balaban J connectivity index is 1.73. The molecule has 1 saturated heterocycles. The highest BCUT2D eigenvalue weighted by Crippen LogP contribution is 2.23. The maximum Gasteiger partial charge on any atom is 0.251 e. The van der Waals surface area contributed by atoms with Gasteiger partial charge in [-0.3, -0.25) is 43.2 Å². The van der Waals surface area contributed by atoms with Gasteiger partial charge in [0.25, 0.3) is 5.91 Å². The number of para-hydroxylation sites is 1. The molecule has 3 aromatic rings. The summed E-state index contributed by atoms with van der Waals surface area (Å²) in [6, 6.07) is 17.1. The lowest BCUT2D eigenvalue weighted by Gasteiger charge is -2.28. The van der Waals surface area contributed by atoms with Gasteiger partial charge in [-0.15, -0.1) is 0 Å². The number of nitrogens with two attached hydrogens (primary N) is 4. The van der Waals surface area contributed by atoms with E-state index in [1.54, 1.807) is 66.7 Å². The quantitative estimate of drug-likeness (QED) is 0.0719. The van der Waals surface area contributed by atoms with Gasteiger partial charge in [-0.2, -0.15) is 0 Å². The smallest absolute Gasteiger partial charge is 0.251 e. The van der Waals surface area contributed by atoms with Crippen molar-refractivity contribution >= 4 is 52.9 Å². The Morgan fingerprint density at radius 2 is 1.03 bits per heavy atom. The van der Waals surface area contributed by atoms with Crippen molar-refractivity contribution < 1.29 is 47.9 Å². The van der Waals surface area contributed by atoms with E-state index in [1.807, 2.05) is 45.9 Å². The average Bonchev–Trinajstić information content (AvgIpc) is 3.39.